The number of nitrogens with one attached hydrogen (secondary N) is 1. The molecule has 4 heterocycles. The van der Waals surface area contributed by atoms with Gasteiger partial charge >= 0.3 is 0 Å². The molecule has 12 heteroatoms. The van der Waals surface area contributed by atoms with Gasteiger partial charge in [0.1, 0.15) is 5.52 Å². The van der Waals surface area contributed by atoms with Crippen molar-refractivity contribution >= 4 is 28.6 Å². The highest BCUT2D eigenvalue weighted by atomic mass is 32.2. The Labute approximate surface area is 189 Å². The van der Waals surface area contributed by atoms with Crippen LogP contribution in [-0.4, -0.2) is 44.2 Å². The summed E-state index contributed by atoms with van der Waals surface area (Å²) in [5.74, 6) is 2.55. The van der Waals surface area contributed by atoms with E-state index in [1.165, 1.54) is 27.6 Å². The number of hydrogen-bond donors (Lipinski definition) is 1. The standard InChI is InChI=1S/C20H16N6O4S2/c1-28-14-6-5-11(8-15(14)29-2)12-9-13-19(27)22-23-20(26(13)24-12)32-10-17-21-18(25-30-17)16-4-3-7-31-16/h3-9H,10H2,1-2H3,(H,22,27). The van der Waals surface area contributed by atoms with Gasteiger partial charge in [-0.15, -0.1) is 16.4 Å². The fourth-order valence-corrected chi connectivity index (χ4v) is 4.46. The predicted octanol–water partition coefficient (Wildman–Crippen LogP) is 3.51. The molecule has 0 unspecified atom stereocenters. The SMILES string of the molecule is COc1ccc(-c2cc3c(=O)[nH]nc(SCc4nc(-c5cccs5)no4)n3n2)cc1OC. The van der Waals surface area contributed by atoms with Crippen LogP contribution in [0.3, 0.4) is 0 Å². The lowest BCUT2D eigenvalue weighted by Gasteiger charge is -2.08. The first kappa shape index (κ1) is 20.3. The highest BCUT2D eigenvalue weighted by molar-refractivity contribution is 7.98. The van der Waals surface area contributed by atoms with Crippen LogP contribution in [-0.2, 0) is 5.75 Å². The van der Waals surface area contributed by atoms with Crippen molar-refractivity contribution in [3.05, 3.63) is 58.0 Å². The second-order valence-electron chi connectivity index (χ2n) is 6.51. The van der Waals surface area contributed by atoms with E-state index in [0.29, 0.717) is 45.3 Å². The van der Waals surface area contributed by atoms with Crippen LogP contribution >= 0.6 is 23.1 Å². The van der Waals surface area contributed by atoms with E-state index in [9.17, 15) is 4.79 Å². The summed E-state index contributed by atoms with van der Waals surface area (Å²) in [5, 5.41) is 17.7. The molecule has 10 nitrogen and oxygen atoms in total. The topological polar surface area (TPSA) is 120 Å². The van der Waals surface area contributed by atoms with Crippen molar-refractivity contribution in [2.45, 2.75) is 10.9 Å². The van der Waals surface area contributed by atoms with Crippen molar-refractivity contribution in [3.8, 4) is 33.5 Å². The molecule has 5 aromatic rings. The van der Waals surface area contributed by atoms with Crippen molar-refractivity contribution in [1.82, 2.24) is 30.0 Å². The van der Waals surface area contributed by atoms with Gasteiger partial charge in [0.25, 0.3) is 5.56 Å². The van der Waals surface area contributed by atoms with E-state index in [1.807, 2.05) is 23.6 Å². The minimum Gasteiger partial charge on any atom is -0.493 e. The van der Waals surface area contributed by atoms with Crippen LogP contribution in [0.5, 0.6) is 11.5 Å². The molecule has 162 valence electrons. The molecule has 0 radical (unpaired) electrons. The number of aromatic amines is 1. The number of rotatable bonds is 7. The molecule has 32 heavy (non-hydrogen) atoms. The molecular formula is C20H16N6O4S2. The lowest BCUT2D eigenvalue weighted by Crippen LogP contribution is -2.13. The van der Waals surface area contributed by atoms with Gasteiger partial charge in [-0.25, -0.2) is 9.61 Å². The van der Waals surface area contributed by atoms with Crippen LogP contribution < -0.4 is 15.0 Å². The van der Waals surface area contributed by atoms with E-state index in [-0.39, 0.29) is 5.56 Å². The Morgan fingerprint density at radius 1 is 1.19 bits per heavy atom. The molecule has 5 rings (SSSR count). The number of hydrogen-bond acceptors (Lipinski definition) is 10. The number of methoxy groups -OCH3 is 2. The van der Waals surface area contributed by atoms with Gasteiger partial charge in [0.15, 0.2) is 11.5 Å². The summed E-state index contributed by atoms with van der Waals surface area (Å²) in [6.45, 7) is 0. The van der Waals surface area contributed by atoms with Crippen molar-refractivity contribution < 1.29 is 14.0 Å². The first-order valence-corrected chi connectivity index (χ1v) is 11.2. The molecule has 1 N–H and O–H groups in total. The van der Waals surface area contributed by atoms with Crippen molar-refractivity contribution in [2.75, 3.05) is 14.2 Å². The number of aromatic nitrogens is 6. The smallest absolute Gasteiger partial charge is 0.290 e. The van der Waals surface area contributed by atoms with Gasteiger partial charge in [0.05, 0.1) is 30.5 Å². The number of benzene rings is 1. The van der Waals surface area contributed by atoms with Gasteiger partial charge in [-0.05, 0) is 35.7 Å². The maximum atomic E-state index is 12.3. The summed E-state index contributed by atoms with van der Waals surface area (Å²) in [6, 6.07) is 11.0. The zero-order chi connectivity index (χ0) is 22.1. The fourth-order valence-electron chi connectivity index (χ4n) is 3.07. The van der Waals surface area contributed by atoms with E-state index in [4.69, 9.17) is 14.0 Å². The highest BCUT2D eigenvalue weighted by Gasteiger charge is 2.16. The largest absolute Gasteiger partial charge is 0.493 e. The van der Waals surface area contributed by atoms with Gasteiger partial charge in [0, 0.05) is 5.56 Å². The average Bonchev–Trinajstić information content (AvgIpc) is 3.58. The molecule has 0 fully saturated rings. The van der Waals surface area contributed by atoms with E-state index in [2.05, 4.69) is 25.4 Å². The van der Waals surface area contributed by atoms with Gasteiger partial charge < -0.3 is 14.0 Å². The van der Waals surface area contributed by atoms with Gasteiger partial charge in [-0.3, -0.25) is 4.79 Å². The highest BCUT2D eigenvalue weighted by Crippen LogP contribution is 2.32. The fraction of sp³-hybridized carbons (Fsp3) is 0.150. The monoisotopic (exact) mass is 468 g/mol. The number of nitrogens with zero attached hydrogens (tertiary/aromatic N) is 5. The van der Waals surface area contributed by atoms with Crippen molar-refractivity contribution in [1.29, 1.82) is 0 Å². The lowest BCUT2D eigenvalue weighted by atomic mass is 10.1. The molecule has 0 atom stereocenters. The first-order valence-electron chi connectivity index (χ1n) is 9.36. The summed E-state index contributed by atoms with van der Waals surface area (Å²) in [5.41, 5.74) is 1.41. The van der Waals surface area contributed by atoms with Gasteiger partial charge in [0.2, 0.25) is 16.9 Å². The Morgan fingerprint density at radius 2 is 2.06 bits per heavy atom. The van der Waals surface area contributed by atoms with Crippen LogP contribution in [0.2, 0.25) is 0 Å². The number of ether oxygens (including phenoxy) is 2. The van der Waals surface area contributed by atoms with Crippen molar-refractivity contribution in [3.63, 3.8) is 0 Å². The molecule has 0 amide bonds. The van der Waals surface area contributed by atoms with Crippen LogP contribution in [0, 0.1) is 0 Å². The van der Waals surface area contributed by atoms with Gasteiger partial charge in [-0.2, -0.15) is 10.1 Å². The minimum atomic E-state index is -0.341. The Balaban J connectivity index is 1.44. The molecule has 0 aliphatic heterocycles. The minimum absolute atomic E-state index is 0.341. The van der Waals surface area contributed by atoms with E-state index in [1.54, 1.807) is 32.4 Å². The average molecular weight is 469 g/mol. The zero-order valence-corrected chi connectivity index (χ0v) is 18.6. The molecule has 0 spiro atoms. The predicted molar refractivity (Wildman–Crippen MR) is 119 cm³/mol. The molecule has 1 aromatic carbocycles. The number of H-pyrrole nitrogens is 1. The Hall–Kier alpha value is -3.64. The first-order chi connectivity index (χ1) is 15.7. The lowest BCUT2D eigenvalue weighted by molar-refractivity contribution is 0.355. The van der Waals surface area contributed by atoms with E-state index >= 15 is 0 Å². The molecule has 0 saturated heterocycles. The molecule has 0 aliphatic rings. The Morgan fingerprint density at radius 3 is 2.84 bits per heavy atom. The summed E-state index contributed by atoms with van der Waals surface area (Å²) in [7, 11) is 3.14. The second-order valence-corrected chi connectivity index (χ2v) is 8.40. The molecule has 0 bridgehead atoms. The maximum absolute atomic E-state index is 12.3. The van der Waals surface area contributed by atoms with Crippen molar-refractivity contribution in [2.24, 2.45) is 0 Å². The zero-order valence-electron chi connectivity index (χ0n) is 16.9. The summed E-state index contributed by atoms with van der Waals surface area (Å²) in [6.07, 6.45) is 0. The molecular weight excluding hydrogens is 452 g/mol. The van der Waals surface area contributed by atoms with Crippen LogP contribution in [0.15, 0.2) is 56.3 Å². The van der Waals surface area contributed by atoms with E-state index < -0.39 is 0 Å². The Bertz CT molecular complexity index is 1440. The summed E-state index contributed by atoms with van der Waals surface area (Å²) < 4.78 is 17.5. The maximum Gasteiger partial charge on any atom is 0.290 e. The third-order valence-electron chi connectivity index (χ3n) is 4.59. The Kier molecular flexibility index (Phi) is 5.37. The summed E-state index contributed by atoms with van der Waals surface area (Å²) in [4.78, 5) is 17.7. The third-order valence-corrected chi connectivity index (χ3v) is 6.37. The third kappa shape index (κ3) is 3.74. The molecule has 4 aromatic heterocycles. The number of fused-ring (bicyclic) bond motifs is 1. The second kappa shape index (κ2) is 8.48. The van der Waals surface area contributed by atoms with E-state index in [0.717, 1.165) is 10.4 Å². The van der Waals surface area contributed by atoms with Gasteiger partial charge in [-0.1, -0.05) is 23.0 Å². The normalized spacial score (nSPS) is 11.2. The molecule has 0 saturated carbocycles. The van der Waals surface area contributed by atoms with Crippen LogP contribution in [0.1, 0.15) is 5.89 Å². The van der Waals surface area contributed by atoms with Crippen LogP contribution in [0.4, 0.5) is 0 Å². The number of thiophene rings is 1. The molecule has 0 aliphatic carbocycles. The quantitative estimate of drug-likeness (QED) is 0.358. The van der Waals surface area contributed by atoms with Crippen LogP contribution in [0.25, 0.3) is 27.5 Å². The number of thioether (sulfide) groups is 1. The summed E-state index contributed by atoms with van der Waals surface area (Å²) >= 11 is 2.86.